The Labute approximate surface area is 201 Å². The Kier molecular flexibility index (Phi) is 8.21. The van der Waals surface area contributed by atoms with E-state index in [0.29, 0.717) is 32.7 Å². The first-order valence-electron chi connectivity index (χ1n) is 12.0. The van der Waals surface area contributed by atoms with E-state index in [4.69, 9.17) is 23.7 Å². The largest absolute Gasteiger partial charge is 0.447 e. The monoisotopic (exact) mass is 469 g/mol. The summed E-state index contributed by atoms with van der Waals surface area (Å²) in [6.45, 7) is 7.40. The highest BCUT2D eigenvalue weighted by Gasteiger charge is 2.51. The molecule has 2 aliphatic heterocycles. The van der Waals surface area contributed by atoms with Crippen LogP contribution in [0.5, 0.6) is 0 Å². The molecule has 3 unspecified atom stereocenters. The van der Waals surface area contributed by atoms with Crippen LogP contribution in [-0.4, -0.2) is 61.1 Å². The Morgan fingerprint density at radius 2 is 1.62 bits per heavy atom. The van der Waals surface area contributed by atoms with E-state index < -0.39 is 11.7 Å². The van der Waals surface area contributed by atoms with Gasteiger partial charge in [-0.2, -0.15) is 0 Å². The molecule has 0 saturated carbocycles. The fraction of sp³-hybridized carbons (Fsp3) is 0.519. The van der Waals surface area contributed by atoms with Gasteiger partial charge in [0.05, 0.1) is 37.6 Å². The molecule has 184 valence electrons. The van der Waals surface area contributed by atoms with Crippen molar-refractivity contribution in [2.75, 3.05) is 19.9 Å². The highest BCUT2D eigenvalue weighted by Crippen LogP contribution is 2.37. The first-order valence-corrected chi connectivity index (χ1v) is 12.0. The first-order chi connectivity index (χ1) is 16.4. The van der Waals surface area contributed by atoms with Gasteiger partial charge in [-0.3, -0.25) is 4.90 Å². The van der Waals surface area contributed by atoms with E-state index in [2.05, 4.69) is 12.1 Å². The lowest BCUT2D eigenvalue weighted by Gasteiger charge is -2.39. The summed E-state index contributed by atoms with van der Waals surface area (Å²) in [5.41, 5.74) is 1.41. The summed E-state index contributed by atoms with van der Waals surface area (Å²) < 4.78 is 30.0. The molecule has 3 atom stereocenters. The lowest BCUT2D eigenvalue weighted by molar-refractivity contribution is -0.174. The Morgan fingerprint density at radius 3 is 2.24 bits per heavy atom. The standard InChI is InChI=1S/C27H35NO6/c1-20(2)34-26(29)28-19-32-25(23(28)16-21-10-6-4-7-11-21)27(3,17-24-30-14-15-31-24)33-18-22-12-8-5-9-13-22/h4-13,20,23-25H,14-19H2,1-3H3. The van der Waals surface area contributed by atoms with E-state index in [1.807, 2.05) is 69.3 Å². The zero-order chi connectivity index (χ0) is 24.0. The number of rotatable bonds is 9. The van der Waals surface area contributed by atoms with Gasteiger partial charge >= 0.3 is 6.09 Å². The lowest BCUT2D eigenvalue weighted by Crippen LogP contribution is -2.53. The molecule has 2 aliphatic rings. The van der Waals surface area contributed by atoms with Gasteiger partial charge in [0, 0.05) is 6.42 Å². The van der Waals surface area contributed by atoms with Gasteiger partial charge < -0.3 is 23.7 Å². The molecule has 0 N–H and O–H groups in total. The van der Waals surface area contributed by atoms with Gasteiger partial charge in [0.1, 0.15) is 12.8 Å². The quantitative estimate of drug-likeness (QED) is 0.537. The maximum Gasteiger partial charge on any atom is 0.412 e. The highest BCUT2D eigenvalue weighted by atomic mass is 16.7. The summed E-state index contributed by atoms with van der Waals surface area (Å²) in [5.74, 6) is 0. The normalized spacial score (nSPS) is 22.8. The number of benzene rings is 2. The molecule has 0 aliphatic carbocycles. The van der Waals surface area contributed by atoms with Crippen molar-refractivity contribution in [1.82, 2.24) is 4.90 Å². The maximum absolute atomic E-state index is 13.0. The second-order valence-corrected chi connectivity index (χ2v) is 9.34. The molecule has 2 aromatic rings. The predicted molar refractivity (Wildman–Crippen MR) is 127 cm³/mol. The number of hydrogen-bond acceptors (Lipinski definition) is 6. The van der Waals surface area contributed by atoms with E-state index in [1.54, 1.807) is 4.90 Å². The average molecular weight is 470 g/mol. The summed E-state index contributed by atoms with van der Waals surface area (Å²) >= 11 is 0. The molecule has 2 heterocycles. The Balaban J connectivity index is 1.61. The SMILES string of the molecule is CC(C)OC(=O)N1COC(C(C)(CC2OCCO2)OCc2ccccc2)C1Cc1ccccc1. The van der Waals surface area contributed by atoms with Crippen molar-refractivity contribution in [3.05, 3.63) is 71.8 Å². The summed E-state index contributed by atoms with van der Waals surface area (Å²) in [4.78, 5) is 14.7. The first kappa shape index (κ1) is 24.7. The topological polar surface area (TPSA) is 66.5 Å². The van der Waals surface area contributed by atoms with Gasteiger partial charge in [-0.25, -0.2) is 4.79 Å². The minimum absolute atomic E-state index is 0.143. The molecule has 0 spiro atoms. The molecule has 1 amide bonds. The maximum atomic E-state index is 13.0. The molecule has 7 heteroatoms. The smallest absolute Gasteiger partial charge is 0.412 e. The van der Waals surface area contributed by atoms with Gasteiger partial charge in [-0.05, 0) is 38.3 Å². The fourth-order valence-electron chi connectivity index (χ4n) is 4.58. The second kappa shape index (κ2) is 11.3. The number of hydrogen-bond donors (Lipinski definition) is 0. The molecular weight excluding hydrogens is 434 g/mol. The van der Waals surface area contributed by atoms with Crippen LogP contribution in [0.1, 0.15) is 38.3 Å². The van der Waals surface area contributed by atoms with Crippen molar-refractivity contribution >= 4 is 6.09 Å². The number of ether oxygens (including phenoxy) is 5. The molecule has 2 fully saturated rings. The molecule has 2 aromatic carbocycles. The third-order valence-electron chi connectivity index (χ3n) is 6.28. The Hall–Kier alpha value is -2.45. The number of amides is 1. The summed E-state index contributed by atoms with van der Waals surface area (Å²) in [6.07, 6.45) is -0.261. The third kappa shape index (κ3) is 6.16. The van der Waals surface area contributed by atoms with Crippen LogP contribution in [0.2, 0.25) is 0 Å². The summed E-state index contributed by atoms with van der Waals surface area (Å²) in [5, 5.41) is 0. The highest BCUT2D eigenvalue weighted by molar-refractivity contribution is 5.68. The van der Waals surface area contributed by atoms with Crippen LogP contribution in [-0.2, 0) is 36.7 Å². The predicted octanol–water partition coefficient (Wildman–Crippen LogP) is 4.54. The van der Waals surface area contributed by atoms with E-state index in [0.717, 1.165) is 11.1 Å². The Bertz CT molecular complexity index is 902. The van der Waals surface area contributed by atoms with E-state index in [1.165, 1.54) is 0 Å². The third-order valence-corrected chi connectivity index (χ3v) is 6.28. The van der Waals surface area contributed by atoms with Crippen molar-refractivity contribution in [2.45, 2.75) is 70.4 Å². The van der Waals surface area contributed by atoms with Crippen LogP contribution in [0, 0.1) is 0 Å². The van der Waals surface area contributed by atoms with Crippen LogP contribution in [0.15, 0.2) is 60.7 Å². The molecular formula is C27H35NO6. The van der Waals surface area contributed by atoms with E-state index in [-0.39, 0.29) is 31.3 Å². The lowest BCUT2D eigenvalue weighted by atomic mass is 9.86. The fourth-order valence-corrected chi connectivity index (χ4v) is 4.58. The molecule has 0 radical (unpaired) electrons. The number of carbonyl (C=O) groups excluding carboxylic acids is 1. The number of carbonyl (C=O) groups is 1. The zero-order valence-corrected chi connectivity index (χ0v) is 20.2. The van der Waals surface area contributed by atoms with Gasteiger partial charge in [0.15, 0.2) is 6.29 Å². The van der Waals surface area contributed by atoms with Crippen LogP contribution >= 0.6 is 0 Å². The van der Waals surface area contributed by atoms with Gasteiger partial charge in [0.2, 0.25) is 0 Å². The Morgan fingerprint density at radius 1 is 1.00 bits per heavy atom. The van der Waals surface area contributed by atoms with Crippen LogP contribution in [0.3, 0.4) is 0 Å². The van der Waals surface area contributed by atoms with Gasteiger partial charge in [-0.15, -0.1) is 0 Å². The van der Waals surface area contributed by atoms with Crippen molar-refractivity contribution in [2.24, 2.45) is 0 Å². The van der Waals surface area contributed by atoms with Gasteiger partial charge in [0.25, 0.3) is 0 Å². The minimum Gasteiger partial charge on any atom is -0.447 e. The van der Waals surface area contributed by atoms with Crippen molar-refractivity contribution in [3.63, 3.8) is 0 Å². The van der Waals surface area contributed by atoms with Crippen LogP contribution in [0.25, 0.3) is 0 Å². The molecule has 0 bridgehead atoms. The minimum atomic E-state index is -0.767. The van der Waals surface area contributed by atoms with E-state index in [9.17, 15) is 4.79 Å². The summed E-state index contributed by atoms with van der Waals surface area (Å²) in [6, 6.07) is 19.9. The van der Waals surface area contributed by atoms with Crippen molar-refractivity contribution in [3.8, 4) is 0 Å². The van der Waals surface area contributed by atoms with Crippen LogP contribution < -0.4 is 0 Å². The van der Waals surface area contributed by atoms with E-state index >= 15 is 0 Å². The van der Waals surface area contributed by atoms with Gasteiger partial charge in [-0.1, -0.05) is 60.7 Å². The zero-order valence-electron chi connectivity index (χ0n) is 20.2. The molecule has 4 rings (SSSR count). The average Bonchev–Trinajstić information content (AvgIpc) is 3.49. The summed E-state index contributed by atoms with van der Waals surface area (Å²) in [7, 11) is 0. The van der Waals surface area contributed by atoms with Crippen LogP contribution in [0.4, 0.5) is 4.79 Å². The second-order valence-electron chi connectivity index (χ2n) is 9.34. The van der Waals surface area contributed by atoms with Crippen molar-refractivity contribution < 1.29 is 28.5 Å². The molecule has 2 saturated heterocycles. The molecule has 7 nitrogen and oxygen atoms in total. The molecule has 0 aromatic heterocycles. The van der Waals surface area contributed by atoms with Crippen molar-refractivity contribution in [1.29, 1.82) is 0 Å². The molecule has 34 heavy (non-hydrogen) atoms. The number of nitrogens with zero attached hydrogens (tertiary/aromatic N) is 1.